The minimum Gasteiger partial charge on any atom is -0.392 e. The Balaban J connectivity index is 2.09. The van der Waals surface area contributed by atoms with Crippen molar-refractivity contribution >= 4 is 0 Å². The van der Waals surface area contributed by atoms with Crippen molar-refractivity contribution in [2.45, 2.75) is 38.5 Å². The highest BCUT2D eigenvalue weighted by atomic mass is 19.1. The van der Waals surface area contributed by atoms with Gasteiger partial charge in [-0.25, -0.2) is 8.78 Å². The molecule has 0 aliphatic carbocycles. The molecule has 0 saturated carbocycles. The summed E-state index contributed by atoms with van der Waals surface area (Å²) in [5.74, 6) is -0.888. The Morgan fingerprint density at radius 3 is 2.85 bits per heavy atom. The van der Waals surface area contributed by atoms with Crippen LogP contribution in [-0.4, -0.2) is 41.9 Å². The molecule has 1 aliphatic rings. The van der Waals surface area contributed by atoms with Crippen LogP contribution >= 0.6 is 0 Å². The Morgan fingerprint density at radius 2 is 2.15 bits per heavy atom. The Bertz CT molecular complexity index is 453. The van der Waals surface area contributed by atoms with Crippen LogP contribution in [0.15, 0.2) is 18.2 Å². The molecule has 112 valence electrons. The normalized spacial score (nSPS) is 23.7. The van der Waals surface area contributed by atoms with Crippen molar-refractivity contribution in [3.8, 4) is 0 Å². The number of hydrogen-bond acceptors (Lipinski definition) is 3. The number of aliphatic hydroxyl groups is 1. The fourth-order valence-corrected chi connectivity index (χ4v) is 2.63. The maximum atomic E-state index is 13.9. The summed E-state index contributed by atoms with van der Waals surface area (Å²) < 4.78 is 32.7. The van der Waals surface area contributed by atoms with Gasteiger partial charge in [-0.15, -0.1) is 0 Å². The van der Waals surface area contributed by atoms with Gasteiger partial charge in [0.15, 0.2) is 0 Å². The lowest BCUT2D eigenvalue weighted by Gasteiger charge is -2.25. The second-order valence-corrected chi connectivity index (χ2v) is 5.49. The van der Waals surface area contributed by atoms with E-state index in [0.29, 0.717) is 31.7 Å². The Morgan fingerprint density at radius 1 is 1.40 bits per heavy atom. The van der Waals surface area contributed by atoms with E-state index in [2.05, 4.69) is 0 Å². The number of rotatable bonds is 5. The van der Waals surface area contributed by atoms with Crippen LogP contribution in [0.25, 0.3) is 0 Å². The summed E-state index contributed by atoms with van der Waals surface area (Å²) in [4.78, 5) is 1.95. The molecular formula is C15H21F2NO2. The van der Waals surface area contributed by atoms with Crippen LogP contribution in [0.1, 0.15) is 31.9 Å². The predicted molar refractivity (Wildman–Crippen MR) is 72.4 cm³/mol. The largest absolute Gasteiger partial charge is 0.392 e. The highest BCUT2D eigenvalue weighted by Crippen LogP contribution is 2.33. The lowest BCUT2D eigenvalue weighted by Crippen LogP contribution is -2.29. The van der Waals surface area contributed by atoms with Crippen LogP contribution < -0.4 is 0 Å². The van der Waals surface area contributed by atoms with Gasteiger partial charge in [-0.3, -0.25) is 4.90 Å². The van der Waals surface area contributed by atoms with E-state index < -0.39 is 17.7 Å². The number of benzene rings is 1. The topological polar surface area (TPSA) is 32.7 Å². The first-order valence-corrected chi connectivity index (χ1v) is 6.96. The molecule has 1 aromatic carbocycles. The standard InChI is InChI=1S/C15H21F2NO2/c1-10(2)20-6-5-18-9-12(19)8-15(18)13-7-11(16)3-4-14(13)17/h3-4,7,10,12,15,19H,5-6,8-9H2,1-2H3. The van der Waals surface area contributed by atoms with Gasteiger partial charge in [0.05, 0.1) is 18.8 Å². The molecule has 1 heterocycles. The van der Waals surface area contributed by atoms with Gasteiger partial charge in [-0.2, -0.15) is 0 Å². The van der Waals surface area contributed by atoms with E-state index in [4.69, 9.17) is 4.74 Å². The maximum absolute atomic E-state index is 13.9. The third-order valence-electron chi connectivity index (χ3n) is 3.53. The van der Waals surface area contributed by atoms with Crippen molar-refractivity contribution in [3.05, 3.63) is 35.4 Å². The zero-order valence-corrected chi connectivity index (χ0v) is 11.9. The van der Waals surface area contributed by atoms with Gasteiger partial charge in [0.1, 0.15) is 11.6 Å². The SMILES string of the molecule is CC(C)OCCN1CC(O)CC1c1cc(F)ccc1F. The van der Waals surface area contributed by atoms with Crippen LogP contribution in [0, 0.1) is 11.6 Å². The molecular weight excluding hydrogens is 264 g/mol. The molecule has 3 nitrogen and oxygen atoms in total. The van der Waals surface area contributed by atoms with Gasteiger partial charge in [0.25, 0.3) is 0 Å². The molecule has 1 N–H and O–H groups in total. The summed E-state index contributed by atoms with van der Waals surface area (Å²) >= 11 is 0. The third kappa shape index (κ3) is 3.75. The average Bonchev–Trinajstić information content (AvgIpc) is 2.73. The molecule has 0 spiro atoms. The number of ether oxygens (including phenoxy) is 1. The zero-order valence-electron chi connectivity index (χ0n) is 11.9. The zero-order chi connectivity index (χ0) is 14.7. The lowest BCUT2D eigenvalue weighted by atomic mass is 10.0. The number of β-amino-alcohol motifs (C(OH)–C–C–N with tert-alkyl or cyclic N) is 1. The van der Waals surface area contributed by atoms with E-state index in [9.17, 15) is 13.9 Å². The predicted octanol–water partition coefficient (Wildman–Crippen LogP) is 2.50. The molecule has 5 heteroatoms. The number of likely N-dealkylation sites (tertiary alicyclic amines) is 1. The third-order valence-corrected chi connectivity index (χ3v) is 3.53. The molecule has 2 atom stereocenters. The summed E-state index contributed by atoms with van der Waals surface area (Å²) in [6, 6.07) is 3.17. The molecule has 1 aliphatic heterocycles. The van der Waals surface area contributed by atoms with E-state index in [0.717, 1.165) is 12.1 Å². The summed E-state index contributed by atoms with van der Waals surface area (Å²) in [5, 5.41) is 9.80. The van der Waals surface area contributed by atoms with E-state index in [1.54, 1.807) is 0 Å². The van der Waals surface area contributed by atoms with Crippen LogP contribution in [0.2, 0.25) is 0 Å². The average molecular weight is 285 g/mol. The molecule has 2 unspecified atom stereocenters. The van der Waals surface area contributed by atoms with E-state index >= 15 is 0 Å². The van der Waals surface area contributed by atoms with E-state index in [1.165, 1.54) is 6.07 Å². The van der Waals surface area contributed by atoms with Crippen molar-refractivity contribution < 1.29 is 18.6 Å². The first-order valence-electron chi connectivity index (χ1n) is 6.96. The Kier molecular flexibility index (Phi) is 5.07. The molecule has 1 fully saturated rings. The molecule has 0 amide bonds. The fourth-order valence-electron chi connectivity index (χ4n) is 2.63. The first kappa shape index (κ1) is 15.4. The molecule has 2 rings (SSSR count). The van der Waals surface area contributed by atoms with Crippen LogP contribution in [0.3, 0.4) is 0 Å². The molecule has 0 bridgehead atoms. The van der Waals surface area contributed by atoms with E-state index in [1.807, 2.05) is 18.7 Å². The second-order valence-electron chi connectivity index (χ2n) is 5.49. The van der Waals surface area contributed by atoms with Gasteiger partial charge >= 0.3 is 0 Å². The highest BCUT2D eigenvalue weighted by Gasteiger charge is 2.33. The van der Waals surface area contributed by atoms with E-state index in [-0.39, 0.29) is 12.1 Å². The first-order chi connectivity index (χ1) is 9.47. The highest BCUT2D eigenvalue weighted by molar-refractivity contribution is 5.23. The minimum absolute atomic E-state index is 0.131. The van der Waals surface area contributed by atoms with Gasteiger partial charge in [-0.1, -0.05) is 0 Å². The minimum atomic E-state index is -0.512. The Labute approximate surface area is 118 Å². The number of nitrogens with zero attached hydrogens (tertiary/aromatic N) is 1. The number of halogens is 2. The van der Waals surface area contributed by atoms with Crippen LogP contribution in [-0.2, 0) is 4.74 Å². The van der Waals surface area contributed by atoms with Gasteiger partial charge in [-0.05, 0) is 38.5 Å². The summed E-state index contributed by atoms with van der Waals surface area (Å²) in [7, 11) is 0. The number of aliphatic hydroxyl groups excluding tert-OH is 1. The molecule has 20 heavy (non-hydrogen) atoms. The van der Waals surface area contributed by atoms with Crippen LogP contribution in [0.4, 0.5) is 8.78 Å². The fraction of sp³-hybridized carbons (Fsp3) is 0.600. The van der Waals surface area contributed by atoms with Crippen molar-refractivity contribution in [1.82, 2.24) is 4.90 Å². The smallest absolute Gasteiger partial charge is 0.128 e. The van der Waals surface area contributed by atoms with Gasteiger partial charge in [0, 0.05) is 24.7 Å². The van der Waals surface area contributed by atoms with Crippen molar-refractivity contribution in [3.63, 3.8) is 0 Å². The van der Waals surface area contributed by atoms with Crippen LogP contribution in [0.5, 0.6) is 0 Å². The summed E-state index contributed by atoms with van der Waals surface area (Å²) in [5.41, 5.74) is 0.311. The molecule has 0 radical (unpaired) electrons. The van der Waals surface area contributed by atoms with Crippen molar-refractivity contribution in [2.24, 2.45) is 0 Å². The van der Waals surface area contributed by atoms with Gasteiger partial charge < -0.3 is 9.84 Å². The summed E-state index contributed by atoms with van der Waals surface area (Å²) in [6.45, 7) is 5.46. The van der Waals surface area contributed by atoms with Crippen molar-refractivity contribution in [2.75, 3.05) is 19.7 Å². The maximum Gasteiger partial charge on any atom is 0.128 e. The molecule has 1 saturated heterocycles. The number of hydrogen-bond donors (Lipinski definition) is 1. The molecule has 1 aromatic rings. The Hall–Kier alpha value is -1.04. The second kappa shape index (κ2) is 6.61. The lowest BCUT2D eigenvalue weighted by molar-refractivity contribution is 0.0539. The monoisotopic (exact) mass is 285 g/mol. The van der Waals surface area contributed by atoms with Gasteiger partial charge in [0.2, 0.25) is 0 Å². The molecule has 0 aromatic heterocycles. The summed E-state index contributed by atoms with van der Waals surface area (Å²) in [6.07, 6.45) is 0.0378. The quantitative estimate of drug-likeness (QED) is 0.902. The van der Waals surface area contributed by atoms with Crippen molar-refractivity contribution in [1.29, 1.82) is 0 Å².